The molecule has 0 aromatic carbocycles. The first kappa shape index (κ1) is 16.3. The lowest BCUT2D eigenvalue weighted by molar-refractivity contribution is -0.143. The number of carbonyl (C=O) groups excluding carboxylic acids is 3. The fourth-order valence-electron chi connectivity index (χ4n) is 1.97. The predicted molar refractivity (Wildman–Crippen MR) is 73.1 cm³/mol. The van der Waals surface area contributed by atoms with Crippen LogP contribution in [0.3, 0.4) is 0 Å². The first-order valence-corrected chi connectivity index (χ1v) is 6.95. The molecule has 1 N–H and O–H groups in total. The van der Waals surface area contributed by atoms with Gasteiger partial charge >= 0.3 is 12.0 Å². The average Bonchev–Trinajstić information content (AvgIpc) is 2.49. The van der Waals surface area contributed by atoms with Gasteiger partial charge in [-0.25, -0.2) is 4.79 Å². The molecule has 114 valence electrons. The van der Waals surface area contributed by atoms with Gasteiger partial charge in [0.1, 0.15) is 0 Å². The third-order valence-electron chi connectivity index (χ3n) is 3.22. The number of carbonyl (C=O) groups is 3. The molecule has 0 atom stereocenters. The zero-order chi connectivity index (χ0) is 15.0. The molecule has 3 amide bonds. The summed E-state index contributed by atoms with van der Waals surface area (Å²) in [5.41, 5.74) is 0. The Morgan fingerprint density at radius 2 is 1.65 bits per heavy atom. The summed E-state index contributed by atoms with van der Waals surface area (Å²) < 4.78 is 4.50. The molecule has 0 spiro atoms. The van der Waals surface area contributed by atoms with Gasteiger partial charge in [-0.2, -0.15) is 0 Å². The van der Waals surface area contributed by atoms with E-state index in [4.69, 9.17) is 0 Å². The van der Waals surface area contributed by atoms with Gasteiger partial charge in [-0.15, -0.1) is 0 Å². The Hall–Kier alpha value is -1.79. The highest BCUT2D eigenvalue weighted by Crippen LogP contribution is 2.06. The summed E-state index contributed by atoms with van der Waals surface area (Å²) in [6, 6.07) is -0.0755. The second-order valence-corrected chi connectivity index (χ2v) is 4.68. The van der Waals surface area contributed by atoms with Crippen molar-refractivity contribution in [1.82, 2.24) is 15.1 Å². The molecular formula is C13H23N3O4. The van der Waals surface area contributed by atoms with Crippen molar-refractivity contribution in [2.24, 2.45) is 0 Å². The van der Waals surface area contributed by atoms with Crippen molar-refractivity contribution in [2.75, 3.05) is 39.8 Å². The van der Waals surface area contributed by atoms with Crippen molar-refractivity contribution in [1.29, 1.82) is 0 Å². The van der Waals surface area contributed by atoms with E-state index < -0.39 is 0 Å². The van der Waals surface area contributed by atoms with Gasteiger partial charge in [0.25, 0.3) is 0 Å². The van der Waals surface area contributed by atoms with Crippen molar-refractivity contribution in [3.05, 3.63) is 0 Å². The molecule has 1 rings (SSSR count). The van der Waals surface area contributed by atoms with E-state index in [9.17, 15) is 14.4 Å². The van der Waals surface area contributed by atoms with Crippen molar-refractivity contribution < 1.29 is 19.1 Å². The average molecular weight is 285 g/mol. The number of ether oxygens (including phenoxy) is 1. The highest BCUT2D eigenvalue weighted by atomic mass is 16.5. The van der Waals surface area contributed by atoms with Gasteiger partial charge in [0.05, 0.1) is 13.5 Å². The number of hydrogen-bond donors (Lipinski definition) is 1. The molecule has 1 aliphatic rings. The summed E-state index contributed by atoms with van der Waals surface area (Å²) >= 11 is 0. The molecule has 1 heterocycles. The molecule has 1 saturated heterocycles. The Balaban J connectivity index is 2.29. The topological polar surface area (TPSA) is 79.0 Å². The van der Waals surface area contributed by atoms with Gasteiger partial charge in [0, 0.05) is 39.1 Å². The van der Waals surface area contributed by atoms with E-state index in [2.05, 4.69) is 10.1 Å². The van der Waals surface area contributed by atoms with Crippen LogP contribution in [-0.4, -0.2) is 67.5 Å². The van der Waals surface area contributed by atoms with Crippen LogP contribution in [0.5, 0.6) is 0 Å². The maximum Gasteiger partial charge on any atom is 0.317 e. The quantitative estimate of drug-likeness (QED) is 0.732. The Kier molecular flexibility index (Phi) is 6.83. The van der Waals surface area contributed by atoms with Crippen molar-refractivity contribution in [3.63, 3.8) is 0 Å². The van der Waals surface area contributed by atoms with Gasteiger partial charge in [0.15, 0.2) is 0 Å². The van der Waals surface area contributed by atoms with E-state index in [-0.39, 0.29) is 30.7 Å². The molecule has 0 saturated carbocycles. The fourth-order valence-corrected chi connectivity index (χ4v) is 1.97. The lowest BCUT2D eigenvalue weighted by Crippen LogP contribution is -2.53. The fraction of sp³-hybridized carbons (Fsp3) is 0.769. The van der Waals surface area contributed by atoms with Crippen LogP contribution in [0.4, 0.5) is 4.79 Å². The molecule has 7 nitrogen and oxygen atoms in total. The normalized spacial score (nSPS) is 14.9. The van der Waals surface area contributed by atoms with Gasteiger partial charge in [-0.1, -0.05) is 6.92 Å². The van der Waals surface area contributed by atoms with Crippen LogP contribution >= 0.6 is 0 Å². The van der Waals surface area contributed by atoms with Gasteiger partial charge in [-0.3, -0.25) is 9.59 Å². The summed E-state index contributed by atoms with van der Waals surface area (Å²) in [6.07, 6.45) is 1.17. The molecule has 0 unspecified atom stereocenters. The molecule has 20 heavy (non-hydrogen) atoms. The third-order valence-corrected chi connectivity index (χ3v) is 3.22. The molecule has 0 aromatic rings. The molecule has 7 heteroatoms. The molecule has 1 fully saturated rings. The number of esters is 1. The van der Waals surface area contributed by atoms with Gasteiger partial charge < -0.3 is 19.9 Å². The minimum Gasteiger partial charge on any atom is -0.469 e. The first-order chi connectivity index (χ1) is 9.58. The molecule has 0 bridgehead atoms. The van der Waals surface area contributed by atoms with Gasteiger partial charge in [0.2, 0.25) is 5.91 Å². The zero-order valence-corrected chi connectivity index (χ0v) is 12.2. The van der Waals surface area contributed by atoms with E-state index in [1.807, 2.05) is 6.92 Å². The van der Waals surface area contributed by atoms with E-state index in [1.54, 1.807) is 9.80 Å². The Morgan fingerprint density at radius 3 is 2.20 bits per heavy atom. The summed E-state index contributed by atoms with van der Waals surface area (Å²) in [7, 11) is 1.31. The molecule has 0 aliphatic carbocycles. The van der Waals surface area contributed by atoms with Crippen molar-refractivity contribution >= 4 is 17.9 Å². The number of hydrogen-bond acceptors (Lipinski definition) is 4. The largest absolute Gasteiger partial charge is 0.469 e. The Bertz CT molecular complexity index is 352. The molecular weight excluding hydrogens is 262 g/mol. The lowest BCUT2D eigenvalue weighted by Gasteiger charge is -2.34. The number of amides is 3. The molecule has 0 radical (unpaired) electrons. The van der Waals surface area contributed by atoms with Crippen LogP contribution in [0.1, 0.15) is 26.2 Å². The van der Waals surface area contributed by atoms with Crippen LogP contribution in [0.15, 0.2) is 0 Å². The summed E-state index contributed by atoms with van der Waals surface area (Å²) in [5.74, 6) is -0.444. The van der Waals surface area contributed by atoms with E-state index in [1.165, 1.54) is 7.11 Å². The smallest absolute Gasteiger partial charge is 0.317 e. The summed E-state index contributed by atoms with van der Waals surface area (Å²) in [6.45, 7) is 4.74. The number of rotatable bonds is 5. The van der Waals surface area contributed by atoms with Gasteiger partial charge in [-0.05, 0) is 6.42 Å². The Morgan fingerprint density at radius 1 is 1.05 bits per heavy atom. The summed E-state index contributed by atoms with van der Waals surface area (Å²) in [4.78, 5) is 38.0. The van der Waals surface area contributed by atoms with Crippen molar-refractivity contribution in [2.45, 2.75) is 26.2 Å². The maximum atomic E-state index is 11.9. The molecule has 0 aromatic heterocycles. The predicted octanol–water partition coefficient (Wildman–Crippen LogP) is 0.203. The standard InChI is InChI=1S/C13H23N3O4/c1-3-6-14-13(19)16-9-7-15(8-10-16)11(17)4-5-12(18)20-2/h3-10H2,1-2H3,(H,14,19). The molecule has 1 aliphatic heterocycles. The number of piperazine rings is 1. The van der Waals surface area contributed by atoms with Crippen molar-refractivity contribution in [3.8, 4) is 0 Å². The van der Waals surface area contributed by atoms with Crippen LogP contribution in [0.2, 0.25) is 0 Å². The SMILES string of the molecule is CCCNC(=O)N1CCN(C(=O)CCC(=O)OC)CC1. The second-order valence-electron chi connectivity index (χ2n) is 4.68. The number of nitrogens with one attached hydrogen (secondary N) is 1. The second kappa shape index (κ2) is 8.39. The van der Waals surface area contributed by atoms with E-state index >= 15 is 0 Å². The van der Waals surface area contributed by atoms with Crippen LogP contribution in [0, 0.1) is 0 Å². The zero-order valence-electron chi connectivity index (χ0n) is 12.2. The minimum absolute atomic E-state index is 0.0657. The van der Waals surface area contributed by atoms with E-state index in [0.717, 1.165) is 6.42 Å². The van der Waals surface area contributed by atoms with Crippen LogP contribution in [-0.2, 0) is 14.3 Å². The number of methoxy groups -OCH3 is 1. The first-order valence-electron chi connectivity index (χ1n) is 6.95. The summed E-state index contributed by atoms with van der Waals surface area (Å²) in [5, 5.41) is 2.82. The lowest BCUT2D eigenvalue weighted by atomic mass is 10.2. The highest BCUT2D eigenvalue weighted by Gasteiger charge is 2.23. The monoisotopic (exact) mass is 285 g/mol. The Labute approximate surface area is 119 Å². The number of urea groups is 1. The van der Waals surface area contributed by atoms with E-state index in [0.29, 0.717) is 32.7 Å². The minimum atomic E-state index is -0.379. The highest BCUT2D eigenvalue weighted by molar-refractivity contribution is 5.81. The third kappa shape index (κ3) is 5.07. The maximum absolute atomic E-state index is 11.9. The van der Waals surface area contributed by atoms with Crippen LogP contribution in [0.25, 0.3) is 0 Å². The number of nitrogens with zero attached hydrogens (tertiary/aromatic N) is 2. The van der Waals surface area contributed by atoms with Crippen LogP contribution < -0.4 is 5.32 Å².